The number of piperidine rings is 3. The van der Waals surface area contributed by atoms with E-state index in [2.05, 4.69) is 0 Å². The summed E-state index contributed by atoms with van der Waals surface area (Å²) in [5.41, 5.74) is 0.688. The van der Waals surface area contributed by atoms with Crippen molar-refractivity contribution < 1.29 is 132 Å². The average molecular weight is 1670 g/mol. The van der Waals surface area contributed by atoms with Gasteiger partial charge in [0.1, 0.15) is 11.5 Å². The minimum atomic E-state index is -5.01. The molecule has 0 radical (unpaired) electrons. The number of likely N-dealkylation sites (tertiary alicyclic amines) is 3. The molecule has 620 valence electrons. The highest BCUT2D eigenvalue weighted by molar-refractivity contribution is 7.54. The first kappa shape index (κ1) is 88.6. The average Bonchev–Trinajstić information content (AvgIpc) is 1.60. The van der Waals surface area contributed by atoms with Crippen molar-refractivity contribution in [3.63, 3.8) is 0 Å². The molecule has 2 atom stereocenters. The van der Waals surface area contributed by atoms with Crippen LogP contribution in [0.25, 0.3) is 0 Å². The van der Waals surface area contributed by atoms with E-state index < -0.39 is 132 Å². The highest BCUT2D eigenvalue weighted by Gasteiger charge is 2.57. The topological polar surface area (TPSA) is 279 Å². The van der Waals surface area contributed by atoms with Crippen LogP contribution in [0.3, 0.4) is 0 Å². The van der Waals surface area contributed by atoms with E-state index in [9.17, 15) is 119 Å². The fourth-order valence-corrected chi connectivity index (χ4v) is 16.7. The predicted octanol–water partition coefficient (Wildman–Crippen LogP) is 17.2. The van der Waals surface area contributed by atoms with Gasteiger partial charge in [0, 0.05) is 120 Å². The number of phenols is 1. The number of alkyl halides is 15. The first-order chi connectivity index (χ1) is 53.2. The summed E-state index contributed by atoms with van der Waals surface area (Å²) in [7, 11) is -7.74. The van der Waals surface area contributed by atoms with E-state index in [1.54, 1.807) is 36.4 Å². The van der Waals surface area contributed by atoms with Crippen molar-refractivity contribution in [1.29, 1.82) is 0 Å². The SMILES string of the molecule is Cc1ccc(C(=O)N2CCC(C(F)(F)F)CC2)cc1.Cc1ccc(C(=O)O)cc1.O=C(c1ccc(O)cc1)N1CCC(C(F)(F)F)CC1.O=C(c1ccc(Oc2cc(C(OP(=O)(N3CC3)N3CC3)C(F)(F)F)ccc2[N+](=O)[O-])cc1)N1CCC(C(F)(F)F)CC1.O=[N+]([O-])c1ccc(C(OP(=O)(N2CC2)N2CC2)C(F)(F)F)cc1F. The molecule has 0 aliphatic carbocycles. The van der Waals surface area contributed by atoms with E-state index >= 15 is 0 Å². The number of aryl methyl sites for hydroxylation is 2. The molecule has 0 spiro atoms. The third-order valence-corrected chi connectivity index (χ3v) is 24.4. The lowest BCUT2D eigenvalue weighted by molar-refractivity contribution is -0.387. The molecule has 7 aliphatic rings. The molecule has 2 N–H and O–H groups in total. The third kappa shape index (κ3) is 23.9. The molecule has 0 bridgehead atoms. The molecule has 2 unspecified atom stereocenters. The van der Waals surface area contributed by atoms with E-state index in [-0.39, 0.29) is 107 Å². The zero-order valence-electron chi connectivity index (χ0n) is 60.4. The molecular formula is C72H75F16N9O15P2. The zero-order chi connectivity index (χ0) is 83.8. The van der Waals surface area contributed by atoms with E-state index in [1.165, 1.54) is 81.9 Å². The minimum absolute atomic E-state index is 0.00109. The molecule has 13 rings (SSSR count). The van der Waals surface area contributed by atoms with Crippen molar-refractivity contribution in [2.75, 3.05) is 91.6 Å². The number of carboxylic acids is 1. The number of nitro groups is 2. The molecule has 6 aromatic carbocycles. The number of carboxylic acid groups (broad SMARTS) is 1. The molecule has 114 heavy (non-hydrogen) atoms. The Bertz CT molecular complexity index is 4350. The van der Waals surface area contributed by atoms with Crippen LogP contribution < -0.4 is 4.74 Å². The van der Waals surface area contributed by atoms with Crippen molar-refractivity contribution in [3.05, 3.63) is 204 Å². The van der Waals surface area contributed by atoms with Crippen LogP contribution in [0.4, 0.5) is 81.6 Å². The Morgan fingerprint density at radius 1 is 0.430 bits per heavy atom. The highest BCUT2D eigenvalue weighted by Crippen LogP contribution is 2.66. The van der Waals surface area contributed by atoms with Crippen LogP contribution in [0.2, 0.25) is 0 Å². The van der Waals surface area contributed by atoms with Gasteiger partial charge in [-0.15, -0.1) is 0 Å². The largest absolute Gasteiger partial charge is 0.508 e. The van der Waals surface area contributed by atoms with E-state index in [4.69, 9.17) is 24.0 Å². The number of halogens is 16. The molecule has 7 fully saturated rings. The predicted molar refractivity (Wildman–Crippen MR) is 375 cm³/mol. The molecular weight excluding hydrogens is 1600 g/mol. The maximum atomic E-state index is 14.1. The number of amides is 3. The Hall–Kier alpha value is -9.30. The van der Waals surface area contributed by atoms with Crippen LogP contribution in [0, 0.1) is 57.6 Å². The number of aromatic hydroxyl groups is 1. The summed E-state index contributed by atoms with van der Waals surface area (Å²) in [4.78, 5) is 71.7. The standard InChI is InChI=1S/C25H25F6N4O6P.C14H16F3NO.C13H14F3NO2.C12H12F4N3O4P.C8H8O2/c26-24(27,28)18-7-9-32(10-8-18)23(36)16-1-4-19(5-2-16)40-21-15-17(3-6-20(21)35(37)38)22(25(29,30)31)41-42(39,33-11-12-33)34-13-14-34;1-10-2-4-11(5-3-10)13(19)18-8-6-12(7-9-18)14(15,16)17;14-13(15,16)10-5-7-17(8-6-10)12(19)9-1-3-11(18)4-2-9;13-9-7-8(1-2-10(9)19(20)21)11(12(14,15)16)23-24(22,17-3-4-17)18-5-6-18;1-6-2-4-7(5-3-6)8(9)10/h1-6,15,18,22H,7-14H2;2-5,12H,6-9H2,1H3;1-4,10,18H,5-8H2;1-2,7,11H,3-6H2;2-5H,1H3,(H,9,10). The van der Waals surface area contributed by atoms with E-state index in [0.717, 1.165) is 35.4 Å². The van der Waals surface area contributed by atoms with Crippen molar-refractivity contribution >= 4 is 50.4 Å². The molecule has 7 heterocycles. The number of hydrogen-bond donors (Lipinski definition) is 2. The van der Waals surface area contributed by atoms with Gasteiger partial charge >= 0.3 is 63.6 Å². The number of carbonyl (C=O) groups excluding carboxylic acids is 3. The van der Waals surface area contributed by atoms with Crippen molar-refractivity contribution in [2.45, 2.75) is 95.5 Å². The lowest BCUT2D eigenvalue weighted by Crippen LogP contribution is -2.42. The summed E-state index contributed by atoms with van der Waals surface area (Å²) < 4.78 is 257. The number of nitrogens with zero attached hydrogens (tertiary/aromatic N) is 9. The molecule has 3 amide bonds. The summed E-state index contributed by atoms with van der Waals surface area (Å²) in [6, 6.07) is 28.9. The fourth-order valence-electron chi connectivity index (χ4n) is 12.0. The molecule has 7 saturated heterocycles. The van der Waals surface area contributed by atoms with Crippen LogP contribution in [0.15, 0.2) is 133 Å². The lowest BCUT2D eigenvalue weighted by atomic mass is 9.96. The number of benzene rings is 6. The van der Waals surface area contributed by atoms with Crippen molar-refractivity contribution in [2.24, 2.45) is 17.8 Å². The van der Waals surface area contributed by atoms with Crippen molar-refractivity contribution in [3.8, 4) is 17.2 Å². The second-order valence-electron chi connectivity index (χ2n) is 27.3. The zero-order valence-corrected chi connectivity index (χ0v) is 62.2. The molecule has 0 aromatic heterocycles. The summed E-state index contributed by atoms with van der Waals surface area (Å²) in [5.74, 6) is -7.87. The van der Waals surface area contributed by atoms with Gasteiger partial charge in [-0.2, -0.15) is 70.2 Å². The maximum absolute atomic E-state index is 14.1. The lowest BCUT2D eigenvalue weighted by Gasteiger charge is -2.33. The van der Waals surface area contributed by atoms with Gasteiger partial charge < -0.3 is 29.6 Å². The summed E-state index contributed by atoms with van der Waals surface area (Å²) in [5, 5.41) is 39.8. The Morgan fingerprint density at radius 3 is 1.00 bits per heavy atom. The highest BCUT2D eigenvalue weighted by atomic mass is 31.2. The number of ether oxygens (including phenoxy) is 1. The number of aromatic carboxylic acids is 1. The molecule has 6 aromatic rings. The second kappa shape index (κ2) is 36.3. The third-order valence-electron chi connectivity index (χ3n) is 18.9. The first-order valence-electron chi connectivity index (χ1n) is 35.2. The normalized spacial score (nSPS) is 18.0. The van der Waals surface area contributed by atoms with Gasteiger partial charge in [0.05, 0.1) is 33.2 Å². The number of hydrogen-bond acceptors (Lipinski definition) is 14. The van der Waals surface area contributed by atoms with Crippen LogP contribution in [-0.4, -0.2) is 200 Å². The molecule has 24 nitrogen and oxygen atoms in total. The van der Waals surface area contributed by atoms with Crippen LogP contribution in [-0.2, 0) is 18.2 Å². The Labute approximate surface area is 640 Å². The smallest absolute Gasteiger partial charge is 0.419 e. The fraction of sp³-hybridized carbons (Fsp3) is 0.444. The quantitative estimate of drug-likeness (QED) is 0.0266. The Kier molecular flexibility index (Phi) is 28.2. The maximum Gasteiger partial charge on any atom is 0.419 e. The number of phenolic OH excluding ortho intramolecular Hbond substituents is 1. The van der Waals surface area contributed by atoms with Crippen LogP contribution in [0.1, 0.15) is 114 Å². The van der Waals surface area contributed by atoms with Gasteiger partial charge in [-0.05, 0) is 161 Å². The van der Waals surface area contributed by atoms with Gasteiger partial charge in [-0.25, -0.2) is 23.5 Å². The molecule has 7 aliphatic heterocycles. The van der Waals surface area contributed by atoms with E-state index in [1.807, 2.05) is 26.0 Å². The van der Waals surface area contributed by atoms with Crippen LogP contribution >= 0.6 is 15.3 Å². The van der Waals surface area contributed by atoms with Crippen LogP contribution in [0.5, 0.6) is 17.2 Å². The summed E-state index contributed by atoms with van der Waals surface area (Å²) >= 11 is 0. The van der Waals surface area contributed by atoms with E-state index in [0.29, 0.717) is 81.2 Å². The van der Waals surface area contributed by atoms with Gasteiger partial charge in [-0.1, -0.05) is 35.4 Å². The van der Waals surface area contributed by atoms with Gasteiger partial charge in [0.2, 0.25) is 11.6 Å². The summed E-state index contributed by atoms with van der Waals surface area (Å²) in [6.45, 7) is 6.95. The molecule has 42 heteroatoms. The van der Waals surface area contributed by atoms with Gasteiger partial charge in [0.25, 0.3) is 17.7 Å². The number of rotatable bonds is 18. The van der Waals surface area contributed by atoms with Gasteiger partial charge in [0.15, 0.2) is 12.2 Å². The monoisotopic (exact) mass is 1670 g/mol. The summed E-state index contributed by atoms with van der Waals surface area (Å²) in [6.07, 6.45) is -28.4. The minimum Gasteiger partial charge on any atom is -0.508 e. The Morgan fingerprint density at radius 2 is 0.719 bits per heavy atom. The Balaban J connectivity index is 0.000000176. The van der Waals surface area contributed by atoms with Crippen molar-refractivity contribution in [1.82, 2.24) is 33.4 Å². The van der Waals surface area contributed by atoms with Gasteiger partial charge in [-0.3, -0.25) is 52.8 Å². The number of nitro benzene ring substituents is 2. The second-order valence-corrected chi connectivity index (χ2v) is 32.0. The first-order valence-corrected chi connectivity index (χ1v) is 38.3. The molecule has 0 saturated carbocycles. The number of carbonyl (C=O) groups is 4.